The van der Waals surface area contributed by atoms with Crippen molar-refractivity contribution in [3.63, 3.8) is 0 Å². The smallest absolute Gasteiger partial charge is 0.232 e. The van der Waals surface area contributed by atoms with Gasteiger partial charge in [-0.05, 0) is 61.1 Å². The van der Waals surface area contributed by atoms with E-state index < -0.39 is 0 Å². The highest BCUT2D eigenvalue weighted by molar-refractivity contribution is 5.96. The maximum Gasteiger partial charge on any atom is 0.232 e. The first kappa shape index (κ1) is 17.1. The van der Waals surface area contributed by atoms with Crippen LogP contribution in [0.2, 0.25) is 0 Å². The lowest BCUT2D eigenvalue weighted by atomic mass is 10.1. The molecular weight excluding hydrogens is 357 g/mol. The molecule has 2 heterocycles. The normalized spacial score (nSPS) is 18.7. The summed E-state index contributed by atoms with van der Waals surface area (Å²) in [6.45, 7) is 2.22. The van der Waals surface area contributed by atoms with Crippen LogP contribution in [0.4, 0.5) is 10.1 Å². The molecule has 5 rings (SSSR count). The van der Waals surface area contributed by atoms with Gasteiger partial charge in [-0.15, -0.1) is 0 Å². The van der Waals surface area contributed by atoms with E-state index in [1.165, 1.54) is 23.6 Å². The lowest BCUT2D eigenvalue weighted by Crippen LogP contribution is -2.24. The second-order valence-electron chi connectivity index (χ2n) is 7.63. The van der Waals surface area contributed by atoms with Crippen LogP contribution in [0.1, 0.15) is 41.3 Å². The molecule has 0 spiro atoms. The zero-order valence-electron chi connectivity index (χ0n) is 15.6. The minimum atomic E-state index is -0.303. The molecule has 5 nitrogen and oxygen atoms in total. The summed E-state index contributed by atoms with van der Waals surface area (Å²) in [7, 11) is 0. The lowest BCUT2D eigenvalue weighted by Gasteiger charge is -2.17. The van der Waals surface area contributed by atoms with Crippen LogP contribution in [-0.4, -0.2) is 22.6 Å². The summed E-state index contributed by atoms with van der Waals surface area (Å²) in [5, 5.41) is 3.99. The van der Waals surface area contributed by atoms with Crippen molar-refractivity contribution in [2.75, 3.05) is 11.4 Å². The third-order valence-corrected chi connectivity index (χ3v) is 5.74. The van der Waals surface area contributed by atoms with Gasteiger partial charge in [0.05, 0.1) is 5.92 Å². The molecule has 28 heavy (non-hydrogen) atoms. The minimum Gasteiger partial charge on any atom is -0.339 e. The fraction of sp³-hybridized carbons (Fsp3) is 0.318. The summed E-state index contributed by atoms with van der Waals surface area (Å²) < 4.78 is 19.2. The van der Waals surface area contributed by atoms with Crippen LogP contribution in [0.25, 0.3) is 11.4 Å². The van der Waals surface area contributed by atoms with Crippen molar-refractivity contribution in [2.24, 2.45) is 0 Å². The van der Waals surface area contributed by atoms with E-state index >= 15 is 0 Å². The van der Waals surface area contributed by atoms with E-state index in [9.17, 15) is 9.18 Å². The Kier molecular flexibility index (Phi) is 4.00. The molecule has 1 aliphatic carbocycles. The zero-order chi connectivity index (χ0) is 19.3. The Morgan fingerprint density at radius 3 is 2.86 bits per heavy atom. The summed E-state index contributed by atoms with van der Waals surface area (Å²) in [6, 6.07) is 11.2. The number of benzene rings is 2. The van der Waals surface area contributed by atoms with E-state index in [0.29, 0.717) is 35.8 Å². The summed E-state index contributed by atoms with van der Waals surface area (Å²) in [4.78, 5) is 18.8. The van der Waals surface area contributed by atoms with Gasteiger partial charge in [0.15, 0.2) is 0 Å². The molecule has 2 aromatic carbocycles. The van der Waals surface area contributed by atoms with Crippen molar-refractivity contribution in [3.05, 3.63) is 64.8 Å². The number of carbonyl (C=O) groups is 1. The molecule has 1 fully saturated rings. The molecule has 0 bridgehead atoms. The van der Waals surface area contributed by atoms with E-state index in [1.54, 1.807) is 24.0 Å². The molecular formula is C22H20FN3O2. The monoisotopic (exact) mass is 377 g/mol. The molecule has 1 unspecified atom stereocenters. The fourth-order valence-electron chi connectivity index (χ4n) is 4.10. The Balaban J connectivity index is 1.37. The van der Waals surface area contributed by atoms with E-state index in [2.05, 4.69) is 22.3 Å². The van der Waals surface area contributed by atoms with Gasteiger partial charge in [0, 0.05) is 24.2 Å². The molecule has 0 saturated carbocycles. The van der Waals surface area contributed by atoms with Gasteiger partial charge in [-0.2, -0.15) is 4.98 Å². The second kappa shape index (κ2) is 6.55. The zero-order valence-corrected chi connectivity index (χ0v) is 15.6. The summed E-state index contributed by atoms with van der Waals surface area (Å²) in [6.07, 6.45) is 3.71. The SMILES string of the molecule is Cc1ccc(-c2noc(C3CC(=O)N(c4ccc5c(c4)CCC5)C3)n2)cc1F. The maximum atomic E-state index is 13.8. The molecule has 1 atom stereocenters. The largest absolute Gasteiger partial charge is 0.339 e. The van der Waals surface area contributed by atoms with Gasteiger partial charge in [-0.3, -0.25) is 4.79 Å². The van der Waals surface area contributed by atoms with Gasteiger partial charge in [0.25, 0.3) is 0 Å². The first-order valence-electron chi connectivity index (χ1n) is 9.61. The van der Waals surface area contributed by atoms with E-state index in [-0.39, 0.29) is 17.6 Å². The molecule has 1 aliphatic heterocycles. The van der Waals surface area contributed by atoms with E-state index in [4.69, 9.17) is 4.52 Å². The predicted octanol–water partition coefficient (Wildman–Crippen LogP) is 4.19. The van der Waals surface area contributed by atoms with Crippen LogP contribution < -0.4 is 4.90 Å². The molecule has 142 valence electrons. The number of fused-ring (bicyclic) bond motifs is 1. The average molecular weight is 377 g/mol. The number of amides is 1. The van der Waals surface area contributed by atoms with E-state index in [1.807, 2.05) is 6.07 Å². The second-order valence-corrected chi connectivity index (χ2v) is 7.63. The van der Waals surface area contributed by atoms with Gasteiger partial charge in [-0.25, -0.2) is 4.39 Å². The highest BCUT2D eigenvalue weighted by Gasteiger charge is 2.35. The number of nitrogens with zero attached hydrogens (tertiary/aromatic N) is 3. The summed E-state index contributed by atoms with van der Waals surface area (Å²) in [5.41, 5.74) is 4.80. The quantitative estimate of drug-likeness (QED) is 0.687. The molecule has 0 N–H and O–H groups in total. The number of rotatable bonds is 3. The predicted molar refractivity (Wildman–Crippen MR) is 103 cm³/mol. The first-order valence-corrected chi connectivity index (χ1v) is 9.61. The number of aromatic nitrogens is 2. The minimum absolute atomic E-state index is 0.0593. The highest BCUT2D eigenvalue weighted by Crippen LogP contribution is 2.34. The Morgan fingerprint density at radius 2 is 2.00 bits per heavy atom. The van der Waals surface area contributed by atoms with E-state index in [0.717, 1.165) is 18.5 Å². The van der Waals surface area contributed by atoms with Crippen molar-refractivity contribution < 1.29 is 13.7 Å². The van der Waals surface area contributed by atoms with Gasteiger partial charge in [0.2, 0.25) is 17.6 Å². The average Bonchev–Trinajstić information content (AvgIpc) is 3.42. The lowest BCUT2D eigenvalue weighted by molar-refractivity contribution is -0.117. The van der Waals surface area contributed by atoms with Crippen LogP contribution in [0.15, 0.2) is 40.9 Å². The Labute approximate surface area is 162 Å². The molecule has 1 aromatic heterocycles. The Morgan fingerprint density at radius 1 is 1.14 bits per heavy atom. The number of anilines is 1. The summed E-state index contributed by atoms with van der Waals surface area (Å²) in [5.74, 6) is 0.370. The third-order valence-electron chi connectivity index (χ3n) is 5.74. The standard InChI is InChI=1S/C22H20FN3O2/c1-13-5-6-16(10-19(13)23)21-24-22(28-25-21)17-11-20(27)26(12-17)18-8-7-14-3-2-4-15(14)9-18/h5-10,17H,2-4,11-12H2,1H3. The van der Waals surface area contributed by atoms with Gasteiger partial charge < -0.3 is 9.42 Å². The number of hydrogen-bond donors (Lipinski definition) is 0. The molecule has 2 aliphatic rings. The number of aryl methyl sites for hydroxylation is 3. The highest BCUT2D eigenvalue weighted by atomic mass is 19.1. The van der Waals surface area contributed by atoms with Gasteiger partial charge in [-0.1, -0.05) is 23.4 Å². The maximum absolute atomic E-state index is 13.8. The molecule has 3 aromatic rings. The van der Waals surface area contributed by atoms with Crippen molar-refractivity contribution in [3.8, 4) is 11.4 Å². The van der Waals surface area contributed by atoms with Crippen molar-refractivity contribution in [2.45, 2.75) is 38.5 Å². The van der Waals surface area contributed by atoms with Crippen LogP contribution in [0, 0.1) is 12.7 Å². The fourth-order valence-corrected chi connectivity index (χ4v) is 4.10. The van der Waals surface area contributed by atoms with Gasteiger partial charge >= 0.3 is 0 Å². The number of carbonyl (C=O) groups excluding carboxylic acids is 1. The van der Waals surface area contributed by atoms with Crippen LogP contribution in [0.5, 0.6) is 0 Å². The number of halogens is 1. The Bertz CT molecular complexity index is 1080. The summed E-state index contributed by atoms with van der Waals surface area (Å²) >= 11 is 0. The number of hydrogen-bond acceptors (Lipinski definition) is 4. The molecule has 1 amide bonds. The van der Waals surface area contributed by atoms with Gasteiger partial charge in [0.1, 0.15) is 5.82 Å². The first-order chi connectivity index (χ1) is 13.6. The van der Waals surface area contributed by atoms with Crippen molar-refractivity contribution in [1.82, 2.24) is 10.1 Å². The molecule has 1 saturated heterocycles. The van der Waals surface area contributed by atoms with Crippen LogP contribution >= 0.6 is 0 Å². The topological polar surface area (TPSA) is 59.2 Å². The molecule has 6 heteroatoms. The van der Waals surface area contributed by atoms with Crippen LogP contribution in [0.3, 0.4) is 0 Å². The van der Waals surface area contributed by atoms with Crippen LogP contribution in [-0.2, 0) is 17.6 Å². The Hall–Kier alpha value is -3.02. The molecule has 0 radical (unpaired) electrons. The third kappa shape index (κ3) is 2.89. The van der Waals surface area contributed by atoms with Crippen molar-refractivity contribution >= 4 is 11.6 Å². The van der Waals surface area contributed by atoms with Crippen molar-refractivity contribution in [1.29, 1.82) is 0 Å².